The van der Waals surface area contributed by atoms with E-state index in [1.807, 2.05) is 31.6 Å². The van der Waals surface area contributed by atoms with Gasteiger partial charge in [0, 0.05) is 7.05 Å². The third-order valence-corrected chi connectivity index (χ3v) is 2.72. The van der Waals surface area contributed by atoms with Crippen LogP contribution in [0.3, 0.4) is 0 Å². The molecular weight excluding hydrogens is 216 g/mol. The molecule has 5 heteroatoms. The number of hydrogen-bond acceptors (Lipinski definition) is 4. The molecule has 17 heavy (non-hydrogen) atoms. The van der Waals surface area contributed by atoms with Crippen molar-refractivity contribution in [1.82, 2.24) is 9.78 Å². The first-order chi connectivity index (χ1) is 8.11. The number of hydrogen-bond donors (Lipinski definition) is 1. The van der Waals surface area contributed by atoms with Crippen LogP contribution in [0, 0.1) is 25.2 Å². The molecule has 0 aliphatic heterocycles. The van der Waals surface area contributed by atoms with Gasteiger partial charge in [-0.2, -0.15) is 10.4 Å². The summed E-state index contributed by atoms with van der Waals surface area (Å²) in [6.45, 7) is 4.51. The topological polar surface area (TPSA) is 66.8 Å². The van der Waals surface area contributed by atoms with Gasteiger partial charge >= 0.3 is 0 Å². The second kappa shape index (κ2) is 4.34. The summed E-state index contributed by atoms with van der Waals surface area (Å²) in [5, 5.41) is 16.2. The number of nitriles is 1. The van der Waals surface area contributed by atoms with Crippen molar-refractivity contribution in [3.05, 3.63) is 35.0 Å². The molecule has 0 fully saturated rings. The maximum Gasteiger partial charge on any atom is 0.203 e. The van der Waals surface area contributed by atoms with Crippen LogP contribution >= 0.6 is 0 Å². The molecule has 0 saturated carbocycles. The molecular formula is C12H14N4O. The van der Waals surface area contributed by atoms with Gasteiger partial charge in [0.05, 0.1) is 23.6 Å². The van der Waals surface area contributed by atoms with Crippen LogP contribution in [0.1, 0.15) is 22.9 Å². The van der Waals surface area contributed by atoms with Crippen LogP contribution in [0.4, 0.5) is 5.69 Å². The van der Waals surface area contributed by atoms with E-state index in [0.29, 0.717) is 12.3 Å². The summed E-state index contributed by atoms with van der Waals surface area (Å²) in [6, 6.07) is 5.43. The van der Waals surface area contributed by atoms with Crippen molar-refractivity contribution in [3.63, 3.8) is 0 Å². The fourth-order valence-electron chi connectivity index (χ4n) is 1.74. The van der Waals surface area contributed by atoms with E-state index in [4.69, 9.17) is 9.68 Å². The maximum absolute atomic E-state index is 8.65. The van der Waals surface area contributed by atoms with Gasteiger partial charge in [-0.05, 0) is 26.0 Å². The molecule has 0 saturated heterocycles. The fraction of sp³-hybridized carbons (Fsp3) is 0.333. The Morgan fingerprint density at radius 3 is 2.76 bits per heavy atom. The number of furan rings is 1. The van der Waals surface area contributed by atoms with E-state index in [-0.39, 0.29) is 0 Å². The molecule has 5 nitrogen and oxygen atoms in total. The molecule has 0 unspecified atom stereocenters. The zero-order valence-electron chi connectivity index (χ0n) is 10.1. The number of aryl methyl sites for hydroxylation is 2. The lowest BCUT2D eigenvalue weighted by atomic mass is 10.3. The summed E-state index contributed by atoms with van der Waals surface area (Å²) in [5.74, 6) is 1.07. The van der Waals surface area contributed by atoms with Crippen LogP contribution in [0.5, 0.6) is 0 Å². The van der Waals surface area contributed by atoms with Gasteiger partial charge in [0.2, 0.25) is 5.76 Å². The second-order valence-electron chi connectivity index (χ2n) is 3.90. The molecule has 0 atom stereocenters. The van der Waals surface area contributed by atoms with Crippen molar-refractivity contribution in [3.8, 4) is 6.07 Å². The number of nitrogens with one attached hydrogen (secondary N) is 1. The van der Waals surface area contributed by atoms with E-state index in [1.54, 1.807) is 12.1 Å². The molecule has 0 amide bonds. The van der Waals surface area contributed by atoms with Gasteiger partial charge < -0.3 is 9.73 Å². The van der Waals surface area contributed by atoms with Crippen LogP contribution in [0.2, 0.25) is 0 Å². The van der Waals surface area contributed by atoms with Crippen molar-refractivity contribution in [2.75, 3.05) is 5.32 Å². The van der Waals surface area contributed by atoms with Gasteiger partial charge in [0.1, 0.15) is 11.8 Å². The highest BCUT2D eigenvalue weighted by molar-refractivity contribution is 5.52. The van der Waals surface area contributed by atoms with E-state index >= 15 is 0 Å². The first-order valence-corrected chi connectivity index (χ1v) is 5.34. The Morgan fingerprint density at radius 1 is 1.47 bits per heavy atom. The van der Waals surface area contributed by atoms with Gasteiger partial charge in [0.15, 0.2) is 0 Å². The van der Waals surface area contributed by atoms with E-state index in [2.05, 4.69) is 10.4 Å². The number of nitrogens with zero attached hydrogens (tertiary/aromatic N) is 3. The summed E-state index contributed by atoms with van der Waals surface area (Å²) in [4.78, 5) is 0. The molecule has 88 valence electrons. The summed E-state index contributed by atoms with van der Waals surface area (Å²) >= 11 is 0. The molecule has 0 aliphatic carbocycles. The van der Waals surface area contributed by atoms with Gasteiger partial charge in [-0.25, -0.2) is 0 Å². The summed E-state index contributed by atoms with van der Waals surface area (Å²) in [5.41, 5.74) is 3.05. The van der Waals surface area contributed by atoms with Crippen LogP contribution in [-0.2, 0) is 13.6 Å². The van der Waals surface area contributed by atoms with E-state index < -0.39 is 0 Å². The summed E-state index contributed by atoms with van der Waals surface area (Å²) < 4.78 is 7.12. The average Bonchev–Trinajstić information content (AvgIpc) is 2.84. The lowest BCUT2D eigenvalue weighted by Crippen LogP contribution is -2.00. The molecule has 0 spiro atoms. The van der Waals surface area contributed by atoms with Crippen LogP contribution in [-0.4, -0.2) is 9.78 Å². The minimum Gasteiger partial charge on any atom is -0.449 e. The predicted molar refractivity (Wildman–Crippen MR) is 63.4 cm³/mol. The largest absolute Gasteiger partial charge is 0.449 e. The lowest BCUT2D eigenvalue weighted by Gasteiger charge is -2.04. The first-order valence-electron chi connectivity index (χ1n) is 5.34. The molecule has 0 aromatic carbocycles. The molecule has 0 bridgehead atoms. The first kappa shape index (κ1) is 11.3. The Kier molecular flexibility index (Phi) is 2.88. The number of anilines is 1. The molecule has 1 N–H and O–H groups in total. The Labute approximate surface area is 99.7 Å². The summed E-state index contributed by atoms with van der Waals surface area (Å²) in [6.07, 6.45) is 0. The van der Waals surface area contributed by atoms with Crippen LogP contribution in [0.15, 0.2) is 16.5 Å². The predicted octanol–water partition coefficient (Wildman–Crippen LogP) is 2.11. The molecule has 2 rings (SSSR count). The summed E-state index contributed by atoms with van der Waals surface area (Å²) in [7, 11) is 1.91. The smallest absolute Gasteiger partial charge is 0.203 e. The van der Waals surface area contributed by atoms with E-state index in [0.717, 1.165) is 22.8 Å². The highest BCUT2D eigenvalue weighted by Gasteiger charge is 2.09. The maximum atomic E-state index is 8.65. The Hall–Kier alpha value is -2.22. The molecule has 2 aromatic heterocycles. The van der Waals surface area contributed by atoms with Gasteiger partial charge in [0.25, 0.3) is 0 Å². The Balaban J connectivity index is 2.10. The van der Waals surface area contributed by atoms with Crippen LogP contribution in [0.25, 0.3) is 0 Å². The van der Waals surface area contributed by atoms with Gasteiger partial charge in [-0.3, -0.25) is 4.68 Å². The van der Waals surface area contributed by atoms with Crippen molar-refractivity contribution in [2.24, 2.45) is 7.05 Å². The van der Waals surface area contributed by atoms with Crippen molar-refractivity contribution in [1.29, 1.82) is 5.26 Å². The SMILES string of the molecule is Cc1nn(C)c(C)c1NCc1ccc(C#N)o1. The number of aromatic nitrogens is 2. The van der Waals surface area contributed by atoms with Crippen LogP contribution < -0.4 is 5.32 Å². The lowest BCUT2D eigenvalue weighted by molar-refractivity contribution is 0.506. The highest BCUT2D eigenvalue weighted by Crippen LogP contribution is 2.19. The van der Waals surface area contributed by atoms with E-state index in [1.165, 1.54) is 0 Å². The molecule has 2 aromatic rings. The van der Waals surface area contributed by atoms with Gasteiger partial charge in [-0.15, -0.1) is 0 Å². The zero-order valence-corrected chi connectivity index (χ0v) is 10.1. The Morgan fingerprint density at radius 2 is 2.24 bits per heavy atom. The minimum atomic E-state index is 0.335. The normalized spacial score (nSPS) is 10.2. The van der Waals surface area contributed by atoms with Crippen molar-refractivity contribution < 1.29 is 4.42 Å². The van der Waals surface area contributed by atoms with Gasteiger partial charge in [-0.1, -0.05) is 0 Å². The zero-order chi connectivity index (χ0) is 12.4. The molecule has 0 radical (unpaired) electrons. The van der Waals surface area contributed by atoms with E-state index in [9.17, 15) is 0 Å². The average molecular weight is 230 g/mol. The molecule has 2 heterocycles. The third-order valence-electron chi connectivity index (χ3n) is 2.72. The van der Waals surface area contributed by atoms with Crippen molar-refractivity contribution in [2.45, 2.75) is 20.4 Å². The minimum absolute atomic E-state index is 0.335. The number of rotatable bonds is 3. The molecule has 0 aliphatic rings. The van der Waals surface area contributed by atoms with Crippen molar-refractivity contribution >= 4 is 5.69 Å². The quantitative estimate of drug-likeness (QED) is 0.877. The third kappa shape index (κ3) is 2.16. The fourth-order valence-corrected chi connectivity index (χ4v) is 1.74. The highest BCUT2D eigenvalue weighted by atomic mass is 16.3. The monoisotopic (exact) mass is 230 g/mol. The Bertz CT molecular complexity index is 574. The standard InChI is InChI=1S/C12H14N4O/c1-8-12(9(2)16(3)15-8)14-7-11-5-4-10(6-13)17-11/h4-5,14H,7H2,1-3H3. The second-order valence-corrected chi connectivity index (χ2v) is 3.90.